The Kier molecular flexibility index (Phi) is 3.35. The third kappa shape index (κ3) is 2.06. The van der Waals surface area contributed by atoms with Crippen LogP contribution < -0.4 is 0 Å². The summed E-state index contributed by atoms with van der Waals surface area (Å²) in [5, 5.41) is 5.81. The fourth-order valence-electron chi connectivity index (χ4n) is 2.44. The average molecular weight is 310 g/mol. The highest BCUT2D eigenvalue weighted by Gasteiger charge is 2.21. The molecule has 0 radical (unpaired) electrons. The molecule has 0 aromatic carbocycles. The Hall–Kier alpha value is -0.940. The molecule has 5 heteroatoms. The number of fused-ring (bicyclic) bond motifs is 1. The molecule has 0 bridgehead atoms. The Morgan fingerprint density at radius 1 is 1.50 bits per heavy atom. The largest absolute Gasteiger partial charge is 0.356 e. The van der Waals surface area contributed by atoms with Crippen LogP contribution in [0.5, 0.6) is 0 Å². The highest BCUT2D eigenvalue weighted by Crippen LogP contribution is 2.28. The minimum absolute atomic E-state index is 0.0511. The van der Waals surface area contributed by atoms with E-state index in [1.807, 2.05) is 10.9 Å². The van der Waals surface area contributed by atoms with Crippen LogP contribution in [0.4, 0.5) is 0 Å². The second kappa shape index (κ2) is 4.97. The van der Waals surface area contributed by atoms with Gasteiger partial charge in [-0.2, -0.15) is 5.10 Å². The maximum absolute atomic E-state index is 5.81. The van der Waals surface area contributed by atoms with Gasteiger partial charge in [-0.3, -0.25) is 0 Å². The molecule has 0 amide bonds. The molecule has 1 aliphatic heterocycles. The Labute approximate surface area is 114 Å². The number of aryl methyl sites for hydroxylation is 1. The van der Waals surface area contributed by atoms with E-state index in [-0.39, 0.29) is 6.23 Å². The van der Waals surface area contributed by atoms with E-state index in [9.17, 15) is 0 Å². The summed E-state index contributed by atoms with van der Waals surface area (Å²) in [7, 11) is 0. The number of ether oxygens (including phenoxy) is 1. The quantitative estimate of drug-likeness (QED) is 0.853. The standard InChI is InChI=1S/C13H16BrN3O/c1-2-11-10-7-9(14)8-15-13(10)17(16-11)12-5-3-4-6-18-12/h7-8,12H,2-6H2,1H3. The zero-order chi connectivity index (χ0) is 12.5. The van der Waals surface area contributed by atoms with E-state index in [1.165, 1.54) is 6.42 Å². The molecular weight excluding hydrogens is 294 g/mol. The number of rotatable bonds is 2. The van der Waals surface area contributed by atoms with Gasteiger partial charge in [0.05, 0.1) is 5.69 Å². The molecule has 1 saturated heterocycles. The highest BCUT2D eigenvalue weighted by atomic mass is 79.9. The molecule has 4 nitrogen and oxygen atoms in total. The van der Waals surface area contributed by atoms with Crippen molar-refractivity contribution >= 4 is 27.0 Å². The fraction of sp³-hybridized carbons (Fsp3) is 0.538. The summed E-state index contributed by atoms with van der Waals surface area (Å²) < 4.78 is 8.76. The van der Waals surface area contributed by atoms with Crippen LogP contribution in [-0.4, -0.2) is 21.4 Å². The van der Waals surface area contributed by atoms with Crippen LogP contribution in [0.1, 0.15) is 38.1 Å². The molecule has 0 saturated carbocycles. The molecule has 96 valence electrons. The van der Waals surface area contributed by atoms with Crippen LogP contribution in [-0.2, 0) is 11.2 Å². The van der Waals surface area contributed by atoms with Gasteiger partial charge >= 0.3 is 0 Å². The summed E-state index contributed by atoms with van der Waals surface area (Å²) >= 11 is 3.47. The van der Waals surface area contributed by atoms with Gasteiger partial charge in [0.25, 0.3) is 0 Å². The molecule has 18 heavy (non-hydrogen) atoms. The minimum Gasteiger partial charge on any atom is -0.356 e. The van der Waals surface area contributed by atoms with Crippen LogP contribution in [0.25, 0.3) is 11.0 Å². The van der Waals surface area contributed by atoms with Gasteiger partial charge in [-0.05, 0) is 47.7 Å². The monoisotopic (exact) mass is 309 g/mol. The van der Waals surface area contributed by atoms with Gasteiger partial charge in [0.2, 0.25) is 0 Å². The maximum atomic E-state index is 5.81. The average Bonchev–Trinajstić information content (AvgIpc) is 2.77. The lowest BCUT2D eigenvalue weighted by molar-refractivity contribution is -0.0372. The summed E-state index contributed by atoms with van der Waals surface area (Å²) in [6.07, 6.45) is 6.16. The molecule has 0 N–H and O–H groups in total. The number of halogens is 1. The van der Waals surface area contributed by atoms with Crippen molar-refractivity contribution in [2.24, 2.45) is 0 Å². The lowest BCUT2D eigenvalue weighted by Crippen LogP contribution is -2.19. The van der Waals surface area contributed by atoms with Crippen LogP contribution in [0.3, 0.4) is 0 Å². The van der Waals surface area contributed by atoms with Gasteiger partial charge in [-0.1, -0.05) is 6.92 Å². The van der Waals surface area contributed by atoms with Crippen LogP contribution in [0.2, 0.25) is 0 Å². The van der Waals surface area contributed by atoms with Gasteiger partial charge in [0, 0.05) is 22.7 Å². The maximum Gasteiger partial charge on any atom is 0.160 e. The van der Waals surface area contributed by atoms with Crippen molar-refractivity contribution in [2.75, 3.05) is 6.61 Å². The first-order valence-electron chi connectivity index (χ1n) is 6.44. The number of hydrogen-bond acceptors (Lipinski definition) is 3. The summed E-state index contributed by atoms with van der Waals surface area (Å²) in [6, 6.07) is 2.09. The second-order valence-corrected chi connectivity index (χ2v) is 5.51. The van der Waals surface area contributed by atoms with Gasteiger partial charge in [0.1, 0.15) is 0 Å². The van der Waals surface area contributed by atoms with Crippen LogP contribution in [0.15, 0.2) is 16.7 Å². The van der Waals surface area contributed by atoms with Crippen LogP contribution in [0, 0.1) is 0 Å². The van der Waals surface area contributed by atoms with E-state index < -0.39 is 0 Å². The van der Waals surface area contributed by atoms with E-state index in [2.05, 4.69) is 39.0 Å². The van der Waals surface area contributed by atoms with E-state index >= 15 is 0 Å². The van der Waals surface area contributed by atoms with Crippen molar-refractivity contribution in [3.8, 4) is 0 Å². The number of pyridine rings is 1. The Morgan fingerprint density at radius 2 is 2.39 bits per heavy atom. The second-order valence-electron chi connectivity index (χ2n) is 4.59. The molecule has 1 aliphatic rings. The van der Waals surface area contributed by atoms with E-state index in [0.29, 0.717) is 0 Å². The molecule has 0 spiro atoms. The lowest BCUT2D eigenvalue weighted by Gasteiger charge is -2.23. The molecular formula is C13H16BrN3O. The molecule has 3 rings (SSSR count). The molecule has 2 aromatic rings. The normalized spacial score (nSPS) is 20.4. The number of hydrogen-bond donors (Lipinski definition) is 0. The van der Waals surface area contributed by atoms with Crippen molar-refractivity contribution in [1.29, 1.82) is 0 Å². The summed E-state index contributed by atoms with van der Waals surface area (Å²) in [6.45, 7) is 2.94. The Morgan fingerprint density at radius 3 is 3.11 bits per heavy atom. The first kappa shape index (κ1) is 12.1. The topological polar surface area (TPSA) is 39.9 Å². The van der Waals surface area contributed by atoms with Gasteiger partial charge in [0.15, 0.2) is 11.9 Å². The van der Waals surface area contributed by atoms with Gasteiger partial charge in [-0.25, -0.2) is 9.67 Å². The van der Waals surface area contributed by atoms with Crippen molar-refractivity contribution in [3.63, 3.8) is 0 Å². The number of nitrogens with zero attached hydrogens (tertiary/aromatic N) is 3. The summed E-state index contributed by atoms with van der Waals surface area (Å²) in [5.41, 5.74) is 2.02. The van der Waals surface area contributed by atoms with Crippen LogP contribution >= 0.6 is 15.9 Å². The molecule has 1 atom stereocenters. The van der Waals surface area contributed by atoms with Crippen molar-refractivity contribution in [1.82, 2.24) is 14.8 Å². The molecule has 1 unspecified atom stereocenters. The lowest BCUT2D eigenvalue weighted by atomic mass is 10.2. The van der Waals surface area contributed by atoms with Crippen molar-refractivity contribution in [2.45, 2.75) is 38.8 Å². The van der Waals surface area contributed by atoms with E-state index in [1.54, 1.807) is 0 Å². The predicted molar refractivity (Wildman–Crippen MR) is 73.4 cm³/mol. The number of aromatic nitrogens is 3. The SMILES string of the molecule is CCc1nn(C2CCCCO2)c2ncc(Br)cc12. The van der Waals surface area contributed by atoms with Gasteiger partial charge < -0.3 is 4.74 Å². The summed E-state index contributed by atoms with van der Waals surface area (Å²) in [4.78, 5) is 4.50. The highest BCUT2D eigenvalue weighted by molar-refractivity contribution is 9.10. The minimum atomic E-state index is 0.0511. The first-order valence-corrected chi connectivity index (χ1v) is 7.23. The third-order valence-corrected chi connectivity index (χ3v) is 3.79. The molecule has 3 heterocycles. The van der Waals surface area contributed by atoms with Crippen molar-refractivity contribution in [3.05, 3.63) is 22.4 Å². The summed E-state index contributed by atoms with van der Waals surface area (Å²) in [5.74, 6) is 0. The molecule has 2 aromatic heterocycles. The predicted octanol–water partition coefficient (Wildman–Crippen LogP) is 3.46. The van der Waals surface area contributed by atoms with Crippen molar-refractivity contribution < 1.29 is 4.74 Å². The van der Waals surface area contributed by atoms with E-state index in [0.717, 1.165) is 47.1 Å². The smallest absolute Gasteiger partial charge is 0.160 e. The molecule has 0 aliphatic carbocycles. The first-order chi connectivity index (χ1) is 8.79. The zero-order valence-electron chi connectivity index (χ0n) is 10.4. The third-order valence-electron chi connectivity index (χ3n) is 3.35. The zero-order valence-corrected chi connectivity index (χ0v) is 12.0. The Balaban J connectivity index is 2.11. The van der Waals surface area contributed by atoms with Gasteiger partial charge in [-0.15, -0.1) is 0 Å². The molecule has 1 fully saturated rings. The Bertz CT molecular complexity index is 561. The fourth-order valence-corrected chi connectivity index (χ4v) is 2.77. The van der Waals surface area contributed by atoms with E-state index in [4.69, 9.17) is 4.74 Å².